The maximum absolute atomic E-state index is 11.2. The van der Waals surface area contributed by atoms with Crippen molar-refractivity contribution in [3.63, 3.8) is 0 Å². The molecule has 0 atom stereocenters. The third kappa shape index (κ3) is 1.34. The fourth-order valence-electron chi connectivity index (χ4n) is 2.35. The first-order valence-electron chi connectivity index (χ1n) is 5.47. The van der Waals surface area contributed by atoms with Gasteiger partial charge in [0.2, 0.25) is 5.76 Å². The molecule has 1 amide bonds. The summed E-state index contributed by atoms with van der Waals surface area (Å²) < 4.78 is 5.53. The molecule has 4 heteroatoms. The number of primary amides is 1. The molecule has 0 saturated heterocycles. The first kappa shape index (κ1) is 9.96. The fourth-order valence-corrected chi connectivity index (χ4v) is 2.35. The Labute approximate surface area is 98.2 Å². The minimum absolute atomic E-state index is 0.0757. The van der Waals surface area contributed by atoms with E-state index in [9.17, 15) is 4.79 Å². The first-order valence-corrected chi connectivity index (χ1v) is 5.47. The Hall–Kier alpha value is -2.23. The Bertz CT molecular complexity index is 614. The van der Waals surface area contributed by atoms with E-state index in [1.807, 2.05) is 18.2 Å². The van der Waals surface area contributed by atoms with Crippen molar-refractivity contribution in [3.05, 3.63) is 41.2 Å². The highest BCUT2D eigenvalue weighted by molar-refractivity contribution is 5.97. The molecule has 0 radical (unpaired) electrons. The van der Waals surface area contributed by atoms with Gasteiger partial charge in [-0.1, -0.05) is 24.3 Å². The van der Waals surface area contributed by atoms with E-state index in [1.165, 1.54) is 5.56 Å². The molecule has 1 aromatic carbocycles. The molecule has 17 heavy (non-hydrogen) atoms. The van der Waals surface area contributed by atoms with Crippen LogP contribution in [-0.2, 0) is 12.8 Å². The number of carbonyl (C=O) groups is 1. The van der Waals surface area contributed by atoms with Crippen LogP contribution in [0.1, 0.15) is 21.7 Å². The average Bonchev–Trinajstić information content (AvgIpc) is 2.67. The predicted molar refractivity (Wildman–Crippen MR) is 64.5 cm³/mol. The smallest absolute Gasteiger partial charge is 0.286 e. The molecular weight excluding hydrogens is 216 g/mol. The Kier molecular flexibility index (Phi) is 1.98. The maximum Gasteiger partial charge on any atom is 0.286 e. The molecule has 1 aromatic heterocycles. The van der Waals surface area contributed by atoms with Crippen LogP contribution in [-0.4, -0.2) is 5.91 Å². The normalized spacial score (nSPS) is 12.9. The van der Waals surface area contributed by atoms with Crippen LogP contribution in [0.3, 0.4) is 0 Å². The molecule has 4 nitrogen and oxygen atoms in total. The molecule has 2 aromatic rings. The van der Waals surface area contributed by atoms with Crippen LogP contribution < -0.4 is 11.5 Å². The van der Waals surface area contributed by atoms with Crippen LogP contribution >= 0.6 is 0 Å². The number of hydrogen-bond donors (Lipinski definition) is 2. The lowest BCUT2D eigenvalue weighted by molar-refractivity contribution is 0.0976. The van der Waals surface area contributed by atoms with E-state index in [1.54, 1.807) is 0 Å². The first-order chi connectivity index (χ1) is 8.18. The summed E-state index contributed by atoms with van der Waals surface area (Å²) in [4.78, 5) is 11.2. The molecule has 4 N–H and O–H groups in total. The van der Waals surface area contributed by atoms with Gasteiger partial charge in [-0.2, -0.15) is 0 Å². The Balaban J connectivity index is 2.27. The summed E-state index contributed by atoms with van der Waals surface area (Å²) >= 11 is 0. The molecule has 0 saturated carbocycles. The van der Waals surface area contributed by atoms with Crippen molar-refractivity contribution in [2.45, 2.75) is 12.8 Å². The molecule has 0 spiro atoms. The lowest BCUT2D eigenvalue weighted by Gasteiger charge is -2.14. The van der Waals surface area contributed by atoms with Crippen molar-refractivity contribution in [3.8, 4) is 11.3 Å². The van der Waals surface area contributed by atoms with Gasteiger partial charge >= 0.3 is 0 Å². The van der Waals surface area contributed by atoms with Gasteiger partial charge in [-0.05, 0) is 18.4 Å². The lowest BCUT2D eigenvalue weighted by Crippen LogP contribution is -2.12. The molecular formula is C13H12N2O2. The fraction of sp³-hybridized carbons (Fsp3) is 0.154. The van der Waals surface area contributed by atoms with Gasteiger partial charge in [0.1, 0.15) is 5.76 Å². The average molecular weight is 228 g/mol. The zero-order valence-corrected chi connectivity index (χ0v) is 9.19. The Morgan fingerprint density at radius 3 is 2.76 bits per heavy atom. The number of amides is 1. The Morgan fingerprint density at radius 1 is 1.24 bits per heavy atom. The van der Waals surface area contributed by atoms with E-state index in [4.69, 9.17) is 15.9 Å². The van der Waals surface area contributed by atoms with E-state index in [2.05, 4.69) is 6.07 Å². The van der Waals surface area contributed by atoms with Crippen LogP contribution in [0.5, 0.6) is 0 Å². The van der Waals surface area contributed by atoms with E-state index in [-0.39, 0.29) is 5.76 Å². The quantitative estimate of drug-likeness (QED) is 0.779. The maximum atomic E-state index is 11.2. The zero-order chi connectivity index (χ0) is 12.0. The second kappa shape index (κ2) is 3.38. The molecule has 0 fully saturated rings. The summed E-state index contributed by atoms with van der Waals surface area (Å²) in [7, 11) is 0. The number of rotatable bonds is 1. The van der Waals surface area contributed by atoms with Gasteiger partial charge in [-0.15, -0.1) is 0 Å². The second-order valence-electron chi connectivity index (χ2n) is 4.17. The van der Waals surface area contributed by atoms with Crippen molar-refractivity contribution in [2.24, 2.45) is 5.73 Å². The third-order valence-electron chi connectivity index (χ3n) is 3.18. The van der Waals surface area contributed by atoms with Crippen LogP contribution in [0.25, 0.3) is 11.3 Å². The van der Waals surface area contributed by atoms with Crippen LogP contribution in [0.15, 0.2) is 28.7 Å². The number of nitrogen functional groups attached to an aromatic ring is 1. The van der Waals surface area contributed by atoms with E-state index < -0.39 is 5.91 Å². The molecule has 1 aliphatic carbocycles. The number of furan rings is 1. The van der Waals surface area contributed by atoms with Crippen molar-refractivity contribution in [1.82, 2.24) is 0 Å². The minimum Gasteiger partial charge on any atom is -0.448 e. The van der Waals surface area contributed by atoms with Crippen molar-refractivity contribution in [2.75, 3.05) is 5.73 Å². The van der Waals surface area contributed by atoms with Gasteiger partial charge in [0.15, 0.2) is 0 Å². The molecule has 0 aliphatic heterocycles. The summed E-state index contributed by atoms with van der Waals surface area (Å²) in [6.45, 7) is 0. The largest absolute Gasteiger partial charge is 0.448 e. The van der Waals surface area contributed by atoms with Gasteiger partial charge < -0.3 is 15.9 Å². The minimum atomic E-state index is -0.616. The summed E-state index contributed by atoms with van der Waals surface area (Å²) in [5, 5.41) is 0. The number of carbonyl (C=O) groups excluding carboxylic acids is 1. The van der Waals surface area contributed by atoms with E-state index in [0.29, 0.717) is 11.4 Å². The van der Waals surface area contributed by atoms with Gasteiger partial charge in [0.25, 0.3) is 5.91 Å². The molecule has 1 aliphatic rings. The van der Waals surface area contributed by atoms with Gasteiger partial charge in [0, 0.05) is 11.1 Å². The number of fused-ring (bicyclic) bond motifs is 3. The SMILES string of the molecule is NC(=O)c1oc2c(c1N)CCc1ccccc1-2. The van der Waals surface area contributed by atoms with Gasteiger partial charge in [-0.25, -0.2) is 0 Å². The Morgan fingerprint density at radius 2 is 2.00 bits per heavy atom. The second-order valence-corrected chi connectivity index (χ2v) is 4.17. The van der Waals surface area contributed by atoms with E-state index in [0.717, 1.165) is 24.0 Å². The summed E-state index contributed by atoms with van der Waals surface area (Å²) in [6, 6.07) is 7.96. The molecule has 0 bridgehead atoms. The number of nitrogens with two attached hydrogens (primary N) is 2. The summed E-state index contributed by atoms with van der Waals surface area (Å²) in [5.74, 6) is 0.152. The standard InChI is InChI=1S/C13H12N2O2/c14-10-9-6-5-7-3-1-2-4-8(7)11(9)17-12(10)13(15)16/h1-4H,5-6,14H2,(H2,15,16). The van der Waals surface area contributed by atoms with Gasteiger partial charge in [0.05, 0.1) is 5.69 Å². The number of benzene rings is 1. The van der Waals surface area contributed by atoms with Crippen molar-refractivity contribution in [1.29, 1.82) is 0 Å². The van der Waals surface area contributed by atoms with Crippen molar-refractivity contribution < 1.29 is 9.21 Å². The predicted octanol–water partition coefficient (Wildman–Crippen LogP) is 1.73. The van der Waals surface area contributed by atoms with Crippen LogP contribution in [0.2, 0.25) is 0 Å². The highest BCUT2D eigenvalue weighted by atomic mass is 16.4. The monoisotopic (exact) mass is 228 g/mol. The molecule has 3 rings (SSSR count). The van der Waals surface area contributed by atoms with Gasteiger partial charge in [-0.3, -0.25) is 4.79 Å². The highest BCUT2D eigenvalue weighted by Crippen LogP contribution is 2.39. The van der Waals surface area contributed by atoms with E-state index >= 15 is 0 Å². The molecule has 86 valence electrons. The number of anilines is 1. The molecule has 0 unspecified atom stereocenters. The third-order valence-corrected chi connectivity index (χ3v) is 3.18. The van der Waals surface area contributed by atoms with Crippen LogP contribution in [0, 0.1) is 0 Å². The summed E-state index contributed by atoms with van der Waals surface area (Å²) in [6.07, 6.45) is 1.69. The topological polar surface area (TPSA) is 82.2 Å². The highest BCUT2D eigenvalue weighted by Gasteiger charge is 2.26. The molecule has 1 heterocycles. The lowest BCUT2D eigenvalue weighted by atomic mass is 9.90. The van der Waals surface area contributed by atoms with Crippen LogP contribution in [0.4, 0.5) is 5.69 Å². The number of hydrogen-bond acceptors (Lipinski definition) is 3. The zero-order valence-electron chi connectivity index (χ0n) is 9.19. The number of aryl methyl sites for hydroxylation is 1. The summed E-state index contributed by atoms with van der Waals surface area (Å²) in [5.41, 5.74) is 14.6. The van der Waals surface area contributed by atoms with Crippen molar-refractivity contribution >= 4 is 11.6 Å².